The van der Waals surface area contributed by atoms with Crippen LogP contribution >= 0.6 is 27.3 Å². The molecular formula is C35H35BrO3S. The lowest BCUT2D eigenvalue weighted by atomic mass is 9.86. The minimum Gasteiger partial charge on any atom is -0.478 e. The minimum atomic E-state index is -0.981. The molecule has 0 bridgehead atoms. The molecule has 0 aliphatic carbocycles. The number of ether oxygens (including phenoxy) is 1. The van der Waals surface area contributed by atoms with Gasteiger partial charge in [0.05, 0.1) is 4.70 Å². The summed E-state index contributed by atoms with van der Waals surface area (Å²) in [5.74, 6) is 0.0255. The van der Waals surface area contributed by atoms with Crippen LogP contribution in [0.2, 0.25) is 0 Å². The van der Waals surface area contributed by atoms with E-state index in [2.05, 4.69) is 93.9 Å². The van der Waals surface area contributed by atoms with E-state index >= 15 is 0 Å². The Kier molecular flexibility index (Phi) is 8.08. The van der Waals surface area contributed by atoms with Crippen molar-refractivity contribution in [2.45, 2.75) is 65.9 Å². The fourth-order valence-electron chi connectivity index (χ4n) is 5.49. The third-order valence-electron chi connectivity index (χ3n) is 7.75. The average Bonchev–Trinajstić information content (AvgIpc) is 3.23. The minimum absolute atomic E-state index is 0.140. The standard InChI is InChI=1S/C35H35BrO3S/c1-19(2)27-17-24(31-25-14-10-11-15-26(25)32(36)34-30(31)21(5)22(6)40-34)18-28(20(3)4)33(27)39-29(35(37)38)16-23-12-8-7-9-13-23/h7-15,17-20,29H,16H2,1-6H3,(H,37,38)/t29-/m1/s1. The second-order valence-corrected chi connectivity index (χ2v) is 13.2. The lowest BCUT2D eigenvalue weighted by molar-refractivity contribution is -0.145. The van der Waals surface area contributed by atoms with Crippen LogP contribution in [0.1, 0.15) is 66.7 Å². The van der Waals surface area contributed by atoms with E-state index in [1.165, 1.54) is 36.9 Å². The Labute approximate surface area is 249 Å². The third-order valence-corrected chi connectivity index (χ3v) is 10.1. The molecule has 0 fully saturated rings. The topological polar surface area (TPSA) is 46.5 Å². The molecule has 1 heterocycles. The van der Waals surface area contributed by atoms with Gasteiger partial charge < -0.3 is 9.84 Å². The predicted molar refractivity (Wildman–Crippen MR) is 172 cm³/mol. The Hall–Kier alpha value is -3.15. The summed E-state index contributed by atoms with van der Waals surface area (Å²) < 4.78 is 8.87. The predicted octanol–water partition coefficient (Wildman–Crippen LogP) is 10.4. The fraction of sp³-hybridized carbons (Fsp3) is 0.286. The largest absolute Gasteiger partial charge is 0.478 e. The summed E-state index contributed by atoms with van der Waals surface area (Å²) in [5.41, 5.74) is 6.67. The van der Waals surface area contributed by atoms with Crippen LogP contribution in [0.15, 0.2) is 71.2 Å². The van der Waals surface area contributed by atoms with E-state index in [1.54, 1.807) is 0 Å². The van der Waals surface area contributed by atoms with Crippen molar-refractivity contribution in [2.75, 3.05) is 0 Å². The summed E-state index contributed by atoms with van der Waals surface area (Å²) in [5, 5.41) is 13.8. The smallest absolute Gasteiger partial charge is 0.345 e. The first kappa shape index (κ1) is 28.4. The maximum atomic E-state index is 12.4. The molecule has 0 amide bonds. The number of hydrogen-bond acceptors (Lipinski definition) is 3. The van der Waals surface area contributed by atoms with Crippen molar-refractivity contribution in [1.82, 2.24) is 0 Å². The first-order valence-corrected chi connectivity index (χ1v) is 15.4. The molecule has 0 radical (unpaired) electrons. The summed E-state index contributed by atoms with van der Waals surface area (Å²) in [6, 6.07) is 22.7. The number of carboxylic acids is 1. The maximum absolute atomic E-state index is 12.4. The highest BCUT2D eigenvalue weighted by Crippen LogP contribution is 2.49. The van der Waals surface area contributed by atoms with Crippen molar-refractivity contribution in [3.05, 3.63) is 98.3 Å². The Morgan fingerprint density at radius 2 is 1.48 bits per heavy atom. The number of rotatable bonds is 8. The summed E-state index contributed by atoms with van der Waals surface area (Å²) in [6.07, 6.45) is -0.677. The van der Waals surface area contributed by atoms with Crippen molar-refractivity contribution in [1.29, 1.82) is 0 Å². The van der Waals surface area contributed by atoms with Gasteiger partial charge in [-0.2, -0.15) is 0 Å². The summed E-state index contributed by atoms with van der Waals surface area (Å²) in [4.78, 5) is 13.7. The van der Waals surface area contributed by atoms with Gasteiger partial charge in [-0.05, 0) is 97.9 Å². The van der Waals surface area contributed by atoms with Gasteiger partial charge in [0.15, 0.2) is 6.10 Å². The number of halogens is 1. The molecule has 1 N–H and O–H groups in total. The molecule has 0 unspecified atom stereocenters. The lowest BCUT2D eigenvalue weighted by Gasteiger charge is -2.25. The molecule has 0 spiro atoms. The van der Waals surface area contributed by atoms with E-state index in [4.69, 9.17) is 4.74 Å². The number of benzene rings is 4. The van der Waals surface area contributed by atoms with Crippen molar-refractivity contribution < 1.29 is 14.6 Å². The molecule has 0 saturated carbocycles. The zero-order chi connectivity index (χ0) is 28.7. The summed E-state index contributed by atoms with van der Waals surface area (Å²) >= 11 is 5.76. The van der Waals surface area contributed by atoms with Crippen molar-refractivity contribution in [2.24, 2.45) is 0 Å². The van der Waals surface area contributed by atoms with Crippen LogP contribution in [0.3, 0.4) is 0 Å². The number of thiophene rings is 1. The van der Waals surface area contributed by atoms with Crippen LogP contribution in [0.4, 0.5) is 0 Å². The monoisotopic (exact) mass is 614 g/mol. The number of aliphatic carboxylic acids is 1. The highest BCUT2D eigenvalue weighted by atomic mass is 79.9. The molecule has 0 aliphatic heterocycles. The zero-order valence-corrected chi connectivity index (χ0v) is 26.2. The summed E-state index contributed by atoms with van der Waals surface area (Å²) in [7, 11) is 0. The molecule has 4 aromatic carbocycles. The van der Waals surface area contributed by atoms with E-state index in [1.807, 2.05) is 41.7 Å². The van der Waals surface area contributed by atoms with Crippen LogP contribution in [0, 0.1) is 13.8 Å². The van der Waals surface area contributed by atoms with E-state index in [-0.39, 0.29) is 11.8 Å². The molecule has 0 saturated heterocycles. The Morgan fingerprint density at radius 1 is 0.900 bits per heavy atom. The van der Waals surface area contributed by atoms with Crippen LogP contribution in [0.25, 0.3) is 32.0 Å². The van der Waals surface area contributed by atoms with Crippen molar-refractivity contribution in [3.63, 3.8) is 0 Å². The number of hydrogen-bond donors (Lipinski definition) is 1. The van der Waals surface area contributed by atoms with Crippen LogP contribution in [-0.2, 0) is 11.2 Å². The SMILES string of the molecule is Cc1sc2c(Br)c3ccccc3c(-c3cc(C(C)C)c(O[C@H](Cc4ccccc4)C(=O)O)c(C(C)C)c3)c2c1C. The number of carboxylic acid groups (broad SMARTS) is 1. The van der Waals surface area contributed by atoms with Gasteiger partial charge in [-0.1, -0.05) is 82.3 Å². The molecule has 5 rings (SSSR count). The van der Waals surface area contributed by atoms with Gasteiger partial charge in [0.1, 0.15) is 5.75 Å². The van der Waals surface area contributed by atoms with Gasteiger partial charge >= 0.3 is 5.97 Å². The Morgan fingerprint density at radius 3 is 2.05 bits per heavy atom. The van der Waals surface area contributed by atoms with Gasteiger partial charge in [0, 0.05) is 21.2 Å². The molecule has 5 heteroatoms. The summed E-state index contributed by atoms with van der Waals surface area (Å²) in [6.45, 7) is 13.0. The Bertz CT molecular complexity index is 1690. The van der Waals surface area contributed by atoms with E-state index in [0.717, 1.165) is 26.7 Å². The second-order valence-electron chi connectivity index (χ2n) is 11.1. The van der Waals surface area contributed by atoms with Gasteiger partial charge in [-0.15, -0.1) is 11.3 Å². The molecule has 1 atom stereocenters. The van der Waals surface area contributed by atoms with Crippen molar-refractivity contribution in [3.8, 4) is 16.9 Å². The maximum Gasteiger partial charge on any atom is 0.345 e. The zero-order valence-electron chi connectivity index (χ0n) is 23.8. The first-order valence-electron chi connectivity index (χ1n) is 13.8. The van der Waals surface area contributed by atoms with Crippen LogP contribution in [-0.4, -0.2) is 17.2 Å². The van der Waals surface area contributed by atoms with Gasteiger partial charge in [0.25, 0.3) is 0 Å². The van der Waals surface area contributed by atoms with Crippen LogP contribution < -0.4 is 4.74 Å². The molecule has 1 aromatic heterocycles. The molecule has 40 heavy (non-hydrogen) atoms. The molecule has 206 valence electrons. The van der Waals surface area contributed by atoms with Gasteiger partial charge in [0.2, 0.25) is 0 Å². The normalized spacial score (nSPS) is 12.5. The number of aryl methyl sites for hydroxylation is 2. The third kappa shape index (κ3) is 5.17. The first-order chi connectivity index (χ1) is 19.1. The highest BCUT2D eigenvalue weighted by Gasteiger charge is 2.27. The molecule has 0 aliphatic rings. The Balaban J connectivity index is 1.76. The average molecular weight is 616 g/mol. The van der Waals surface area contributed by atoms with Crippen molar-refractivity contribution >= 4 is 54.1 Å². The molecule has 5 aromatic rings. The van der Waals surface area contributed by atoms with Gasteiger partial charge in [-0.3, -0.25) is 0 Å². The van der Waals surface area contributed by atoms with Crippen LogP contribution in [0.5, 0.6) is 5.75 Å². The van der Waals surface area contributed by atoms with E-state index < -0.39 is 12.1 Å². The van der Waals surface area contributed by atoms with Gasteiger partial charge in [-0.25, -0.2) is 4.79 Å². The second kappa shape index (κ2) is 11.4. The molecular weight excluding hydrogens is 580 g/mol. The quantitative estimate of drug-likeness (QED) is 0.189. The van der Waals surface area contributed by atoms with E-state index in [9.17, 15) is 9.90 Å². The fourth-order valence-corrected chi connectivity index (χ4v) is 7.40. The highest BCUT2D eigenvalue weighted by molar-refractivity contribution is 9.11. The van der Waals surface area contributed by atoms with E-state index in [0.29, 0.717) is 12.2 Å². The lowest BCUT2D eigenvalue weighted by Crippen LogP contribution is -2.30. The number of carbonyl (C=O) groups is 1. The number of fused-ring (bicyclic) bond motifs is 2. The molecule has 3 nitrogen and oxygen atoms in total.